The van der Waals surface area contributed by atoms with E-state index >= 15 is 0 Å². The Bertz CT molecular complexity index is 1200. The summed E-state index contributed by atoms with van der Waals surface area (Å²) < 4.78 is 55.3. The van der Waals surface area contributed by atoms with Crippen molar-refractivity contribution in [1.82, 2.24) is 5.32 Å². The molecule has 0 bridgehead atoms. The van der Waals surface area contributed by atoms with Crippen LogP contribution in [0.3, 0.4) is 0 Å². The number of ether oxygens (including phenoxy) is 1. The maximum atomic E-state index is 13.1. The molecule has 1 amide bonds. The van der Waals surface area contributed by atoms with Crippen molar-refractivity contribution in [3.63, 3.8) is 0 Å². The lowest BCUT2D eigenvalue weighted by Crippen LogP contribution is -2.38. The molecule has 32 heavy (non-hydrogen) atoms. The zero-order valence-corrected chi connectivity index (χ0v) is 19.1. The van der Waals surface area contributed by atoms with Crippen LogP contribution >= 0.6 is 0 Å². The van der Waals surface area contributed by atoms with Gasteiger partial charge in [0.1, 0.15) is 0 Å². The Kier molecular flexibility index (Phi) is 7.19. The van der Waals surface area contributed by atoms with Crippen molar-refractivity contribution in [3.8, 4) is 0 Å². The monoisotopic (exact) mass is 480 g/mol. The smallest absolute Gasteiger partial charge is 0.338 e. The normalized spacial score (nSPS) is 17.5. The van der Waals surface area contributed by atoms with Gasteiger partial charge in [0.2, 0.25) is 0 Å². The molecule has 1 unspecified atom stereocenters. The first-order valence-corrected chi connectivity index (χ1v) is 13.2. The predicted molar refractivity (Wildman–Crippen MR) is 119 cm³/mol. The molecule has 0 aromatic heterocycles. The van der Waals surface area contributed by atoms with Crippen molar-refractivity contribution < 1.29 is 31.2 Å². The van der Waals surface area contributed by atoms with Crippen molar-refractivity contribution in [2.75, 3.05) is 29.0 Å². The van der Waals surface area contributed by atoms with E-state index in [9.17, 15) is 26.4 Å². The Balaban J connectivity index is 1.67. The number of hydrogen-bond donors (Lipinski definition) is 1. The minimum absolute atomic E-state index is 0.0107. The third-order valence-electron chi connectivity index (χ3n) is 4.92. The molecule has 1 aliphatic heterocycles. The van der Waals surface area contributed by atoms with Crippen molar-refractivity contribution in [2.24, 2.45) is 0 Å². The Labute approximate surface area is 187 Å². The van der Waals surface area contributed by atoms with E-state index in [1.54, 1.807) is 37.3 Å². The van der Waals surface area contributed by atoms with E-state index in [-0.39, 0.29) is 28.5 Å². The molecule has 0 spiro atoms. The van der Waals surface area contributed by atoms with Gasteiger partial charge in [0.05, 0.1) is 27.7 Å². The summed E-state index contributed by atoms with van der Waals surface area (Å²) in [6.07, 6.45) is 0.317. The summed E-state index contributed by atoms with van der Waals surface area (Å²) in [5, 5.41) is 2.52. The number of carbonyl (C=O) groups excluding carboxylic acids is 2. The number of anilines is 1. The first-order chi connectivity index (χ1) is 15.1. The molecule has 11 heteroatoms. The number of amides is 1. The molecule has 1 fully saturated rings. The highest BCUT2D eigenvalue weighted by Crippen LogP contribution is 2.24. The van der Waals surface area contributed by atoms with E-state index in [2.05, 4.69) is 5.32 Å². The number of sulfonamides is 1. The van der Waals surface area contributed by atoms with Crippen LogP contribution in [0.4, 0.5) is 5.69 Å². The number of hydrogen-bond acceptors (Lipinski definition) is 7. The number of para-hydroxylation sites is 1. The van der Waals surface area contributed by atoms with Gasteiger partial charge in [-0.3, -0.25) is 9.10 Å². The molecule has 1 N–H and O–H groups in total. The van der Waals surface area contributed by atoms with E-state index in [0.29, 0.717) is 12.1 Å². The second kappa shape index (κ2) is 9.70. The average Bonchev–Trinajstić information content (AvgIpc) is 3.11. The summed E-state index contributed by atoms with van der Waals surface area (Å²) in [7, 11) is -7.08. The second-order valence-electron chi connectivity index (χ2n) is 7.28. The van der Waals surface area contributed by atoms with E-state index in [4.69, 9.17) is 4.74 Å². The van der Waals surface area contributed by atoms with Crippen LogP contribution in [0.15, 0.2) is 59.5 Å². The third kappa shape index (κ3) is 5.65. The number of sulfone groups is 1. The van der Waals surface area contributed by atoms with Gasteiger partial charge >= 0.3 is 5.97 Å². The Morgan fingerprint density at radius 2 is 1.84 bits per heavy atom. The molecule has 0 radical (unpaired) electrons. The number of esters is 1. The average molecular weight is 481 g/mol. The fraction of sp³-hybridized carbons (Fsp3) is 0.333. The van der Waals surface area contributed by atoms with Gasteiger partial charge in [-0.1, -0.05) is 24.3 Å². The number of benzene rings is 2. The summed E-state index contributed by atoms with van der Waals surface area (Å²) >= 11 is 0. The summed E-state index contributed by atoms with van der Waals surface area (Å²) in [6, 6.07) is 13.5. The molecule has 172 valence electrons. The zero-order valence-electron chi connectivity index (χ0n) is 17.4. The SMILES string of the molecule is CCN(c1ccccc1)S(=O)(=O)c1cccc(C(=O)OCC(=O)NC2CCS(=O)(=O)C2)c1. The molecule has 3 rings (SSSR count). The Morgan fingerprint density at radius 1 is 1.12 bits per heavy atom. The van der Waals surface area contributed by atoms with Gasteiger partial charge in [-0.25, -0.2) is 21.6 Å². The van der Waals surface area contributed by atoms with Crippen molar-refractivity contribution in [2.45, 2.75) is 24.3 Å². The lowest BCUT2D eigenvalue weighted by Gasteiger charge is -2.23. The van der Waals surface area contributed by atoms with Gasteiger partial charge in [-0.05, 0) is 43.7 Å². The van der Waals surface area contributed by atoms with Crippen molar-refractivity contribution in [1.29, 1.82) is 0 Å². The summed E-state index contributed by atoms with van der Waals surface area (Å²) in [5.74, 6) is -1.61. The standard InChI is InChI=1S/C21H24N2O7S2/c1-2-23(18-8-4-3-5-9-18)32(28,29)19-10-6-7-16(13-19)21(25)30-14-20(24)22-17-11-12-31(26,27)15-17/h3-10,13,17H,2,11-12,14-15H2,1H3,(H,22,24). The molecule has 1 saturated heterocycles. The molecule has 1 atom stereocenters. The molecular weight excluding hydrogens is 456 g/mol. The molecule has 2 aromatic rings. The predicted octanol–water partition coefficient (Wildman–Crippen LogP) is 1.36. The van der Waals surface area contributed by atoms with Gasteiger partial charge < -0.3 is 10.1 Å². The van der Waals surface area contributed by atoms with Crippen LogP contribution in [-0.4, -0.2) is 59.4 Å². The number of nitrogens with one attached hydrogen (secondary N) is 1. The molecule has 1 heterocycles. The fourth-order valence-electron chi connectivity index (χ4n) is 3.39. The molecule has 9 nitrogen and oxygen atoms in total. The first-order valence-electron chi connectivity index (χ1n) is 9.97. The highest BCUT2D eigenvalue weighted by Gasteiger charge is 2.29. The van der Waals surface area contributed by atoms with Crippen LogP contribution in [0.2, 0.25) is 0 Å². The molecule has 0 saturated carbocycles. The minimum Gasteiger partial charge on any atom is -0.452 e. The highest BCUT2D eigenvalue weighted by atomic mass is 32.2. The van der Waals surface area contributed by atoms with Crippen molar-refractivity contribution >= 4 is 37.4 Å². The van der Waals surface area contributed by atoms with Crippen molar-refractivity contribution in [3.05, 3.63) is 60.2 Å². The first kappa shape index (κ1) is 23.7. The van der Waals surface area contributed by atoms with Gasteiger partial charge in [0.25, 0.3) is 15.9 Å². The summed E-state index contributed by atoms with van der Waals surface area (Å²) in [4.78, 5) is 24.3. The number of rotatable bonds is 8. The Hall–Kier alpha value is -2.92. The van der Waals surface area contributed by atoms with Crippen LogP contribution in [0.1, 0.15) is 23.7 Å². The van der Waals surface area contributed by atoms with Gasteiger partial charge in [-0.15, -0.1) is 0 Å². The van der Waals surface area contributed by atoms with Crippen LogP contribution in [0.5, 0.6) is 0 Å². The van der Waals surface area contributed by atoms with E-state index in [1.165, 1.54) is 28.6 Å². The maximum absolute atomic E-state index is 13.1. The Morgan fingerprint density at radius 3 is 2.47 bits per heavy atom. The quantitative estimate of drug-likeness (QED) is 0.565. The third-order valence-corrected chi connectivity index (χ3v) is 8.59. The van der Waals surface area contributed by atoms with Gasteiger partial charge in [-0.2, -0.15) is 0 Å². The fourth-order valence-corrected chi connectivity index (χ4v) is 6.58. The molecular formula is C21H24N2O7S2. The van der Waals surface area contributed by atoms with Crippen LogP contribution in [0, 0.1) is 0 Å². The van der Waals surface area contributed by atoms with Crippen LogP contribution < -0.4 is 9.62 Å². The summed E-state index contributed by atoms with van der Waals surface area (Å²) in [5.41, 5.74) is 0.472. The molecule has 2 aromatic carbocycles. The number of carbonyl (C=O) groups is 2. The van der Waals surface area contributed by atoms with Gasteiger partial charge in [0.15, 0.2) is 16.4 Å². The van der Waals surface area contributed by atoms with Crippen LogP contribution in [0.25, 0.3) is 0 Å². The van der Waals surface area contributed by atoms with Gasteiger partial charge in [0, 0.05) is 12.6 Å². The van der Waals surface area contributed by atoms with Crippen LogP contribution in [-0.2, 0) is 29.4 Å². The zero-order chi connectivity index (χ0) is 23.4. The van der Waals surface area contributed by atoms with E-state index in [0.717, 1.165) is 0 Å². The molecule has 0 aliphatic carbocycles. The minimum atomic E-state index is -3.93. The lowest BCUT2D eigenvalue weighted by atomic mass is 10.2. The maximum Gasteiger partial charge on any atom is 0.338 e. The topological polar surface area (TPSA) is 127 Å². The number of nitrogens with zero attached hydrogens (tertiary/aromatic N) is 1. The molecule has 1 aliphatic rings. The summed E-state index contributed by atoms with van der Waals surface area (Å²) in [6.45, 7) is 1.30. The van der Waals surface area contributed by atoms with E-state index < -0.39 is 44.4 Å². The largest absolute Gasteiger partial charge is 0.452 e. The van der Waals surface area contributed by atoms with E-state index in [1.807, 2.05) is 0 Å². The lowest BCUT2D eigenvalue weighted by molar-refractivity contribution is -0.124. The second-order valence-corrected chi connectivity index (χ2v) is 11.4. The highest BCUT2D eigenvalue weighted by molar-refractivity contribution is 7.92.